The maximum Gasteiger partial charge on any atom is 0.253 e. The molecule has 0 aromatic heterocycles. The van der Waals surface area contributed by atoms with Crippen molar-refractivity contribution in [2.24, 2.45) is 0 Å². The quantitative estimate of drug-likeness (QED) is 0.379. The number of fused-ring (bicyclic) bond motifs is 1. The summed E-state index contributed by atoms with van der Waals surface area (Å²) in [5.41, 5.74) is 1.04. The van der Waals surface area contributed by atoms with Crippen LogP contribution in [0.15, 0.2) is 42.2 Å². The number of unbranched alkanes of at least 4 members (excludes halogenated alkanes) is 9. The van der Waals surface area contributed by atoms with Gasteiger partial charge >= 0.3 is 0 Å². The molecule has 0 aliphatic carbocycles. The summed E-state index contributed by atoms with van der Waals surface area (Å²) in [7, 11) is 0. The molecule has 0 spiro atoms. The lowest BCUT2D eigenvalue weighted by molar-refractivity contribution is -0.130. The number of benzene rings is 1. The van der Waals surface area contributed by atoms with Gasteiger partial charge in [-0.3, -0.25) is 9.69 Å². The molecule has 158 valence electrons. The number of para-hydroxylation sites is 1. The summed E-state index contributed by atoms with van der Waals surface area (Å²) in [6.45, 7) is 3.43. The Hall–Kier alpha value is -2.23. The van der Waals surface area contributed by atoms with Crippen LogP contribution in [-0.2, 0) is 9.53 Å². The van der Waals surface area contributed by atoms with Crippen molar-refractivity contribution in [3.05, 3.63) is 47.7 Å². The molecule has 0 saturated carbocycles. The van der Waals surface area contributed by atoms with E-state index in [4.69, 9.17) is 9.47 Å². The number of hydrogen-bond donors (Lipinski definition) is 0. The highest BCUT2D eigenvalue weighted by molar-refractivity contribution is 5.91. The topological polar surface area (TPSA) is 38.8 Å². The summed E-state index contributed by atoms with van der Waals surface area (Å²) in [5, 5.41) is 0. The van der Waals surface area contributed by atoms with Gasteiger partial charge in [-0.1, -0.05) is 82.9 Å². The molecule has 1 aromatic carbocycles. The molecule has 0 N–H and O–H groups in total. The number of amides is 1. The van der Waals surface area contributed by atoms with Crippen molar-refractivity contribution in [3.8, 4) is 5.75 Å². The van der Waals surface area contributed by atoms with E-state index in [2.05, 4.69) is 6.92 Å². The van der Waals surface area contributed by atoms with E-state index in [-0.39, 0.29) is 12.1 Å². The summed E-state index contributed by atoms with van der Waals surface area (Å²) < 4.78 is 11.8. The molecule has 3 rings (SSSR count). The maximum absolute atomic E-state index is 12.4. The van der Waals surface area contributed by atoms with Gasteiger partial charge in [0.2, 0.25) is 0 Å². The smallest absolute Gasteiger partial charge is 0.253 e. The SMILES string of the molecule is CCCCCCCCCCCCOC1=CC(=O)N(C2C=Cc3ccccc3O2)C1. The molecule has 0 fully saturated rings. The first-order chi connectivity index (χ1) is 14.3. The Labute approximate surface area is 175 Å². The third kappa shape index (κ3) is 6.66. The molecular weight excluding hydrogens is 362 g/mol. The van der Waals surface area contributed by atoms with Gasteiger partial charge in [0, 0.05) is 11.6 Å². The van der Waals surface area contributed by atoms with Gasteiger partial charge < -0.3 is 9.47 Å². The van der Waals surface area contributed by atoms with Crippen molar-refractivity contribution >= 4 is 12.0 Å². The molecule has 1 amide bonds. The standard InChI is InChI=1S/C25H35NO3/c1-2-3-4-5-6-7-8-9-10-13-18-28-22-19-24(27)26(20-22)25-17-16-21-14-11-12-15-23(21)29-25/h11-12,14-17,19,25H,2-10,13,18,20H2,1H3. The van der Waals surface area contributed by atoms with Crippen molar-refractivity contribution in [1.29, 1.82) is 0 Å². The van der Waals surface area contributed by atoms with E-state index >= 15 is 0 Å². The fraction of sp³-hybridized carbons (Fsp3) is 0.560. The fourth-order valence-electron chi connectivity index (χ4n) is 3.86. The minimum Gasteiger partial charge on any atom is -0.496 e. The van der Waals surface area contributed by atoms with Gasteiger partial charge in [-0.15, -0.1) is 0 Å². The normalized spacial score (nSPS) is 17.8. The fourth-order valence-corrected chi connectivity index (χ4v) is 3.86. The predicted octanol–water partition coefficient (Wildman–Crippen LogP) is 6.08. The van der Waals surface area contributed by atoms with Crippen LogP contribution < -0.4 is 4.74 Å². The number of hydrogen-bond acceptors (Lipinski definition) is 3. The summed E-state index contributed by atoms with van der Waals surface area (Å²) in [5.74, 6) is 1.52. The van der Waals surface area contributed by atoms with Crippen molar-refractivity contribution in [2.75, 3.05) is 13.2 Å². The zero-order chi connectivity index (χ0) is 20.3. The lowest BCUT2D eigenvalue weighted by atomic mass is 10.1. The number of carbonyl (C=O) groups excluding carboxylic acids is 1. The molecular formula is C25H35NO3. The largest absolute Gasteiger partial charge is 0.496 e. The van der Waals surface area contributed by atoms with E-state index in [1.165, 1.54) is 57.8 Å². The lowest BCUT2D eigenvalue weighted by Gasteiger charge is -2.29. The van der Waals surface area contributed by atoms with E-state index in [1.54, 1.807) is 11.0 Å². The van der Waals surface area contributed by atoms with Crippen LogP contribution in [0.3, 0.4) is 0 Å². The molecule has 0 radical (unpaired) electrons. The van der Waals surface area contributed by atoms with E-state index in [1.807, 2.05) is 36.4 Å². The van der Waals surface area contributed by atoms with Gasteiger partial charge in [-0.05, 0) is 24.6 Å². The molecule has 4 nitrogen and oxygen atoms in total. The Bertz CT molecular complexity index is 710. The van der Waals surface area contributed by atoms with Crippen LogP contribution in [0.5, 0.6) is 5.75 Å². The molecule has 1 atom stereocenters. The van der Waals surface area contributed by atoms with Crippen LogP contribution in [0.2, 0.25) is 0 Å². The van der Waals surface area contributed by atoms with E-state index in [0.29, 0.717) is 13.2 Å². The Morgan fingerprint density at radius 2 is 1.69 bits per heavy atom. The third-order valence-corrected chi connectivity index (χ3v) is 5.59. The van der Waals surface area contributed by atoms with Gasteiger partial charge in [0.1, 0.15) is 11.5 Å². The van der Waals surface area contributed by atoms with E-state index < -0.39 is 0 Å². The number of carbonyl (C=O) groups is 1. The molecule has 0 saturated heterocycles. The minimum absolute atomic E-state index is 0.0443. The molecule has 2 heterocycles. The average Bonchev–Trinajstić information content (AvgIpc) is 3.12. The molecule has 2 aliphatic heterocycles. The zero-order valence-electron chi connectivity index (χ0n) is 17.8. The highest BCUT2D eigenvalue weighted by Gasteiger charge is 2.31. The first kappa shape index (κ1) is 21.5. The Balaban J connectivity index is 1.27. The highest BCUT2D eigenvalue weighted by atomic mass is 16.5. The van der Waals surface area contributed by atoms with Crippen LogP contribution in [0, 0.1) is 0 Å². The molecule has 4 heteroatoms. The summed E-state index contributed by atoms with van der Waals surface area (Å²) in [6, 6.07) is 7.87. The third-order valence-electron chi connectivity index (χ3n) is 5.59. The van der Waals surface area contributed by atoms with Gasteiger partial charge in [0.25, 0.3) is 5.91 Å². The second-order valence-electron chi connectivity index (χ2n) is 8.01. The molecule has 1 unspecified atom stereocenters. The second kappa shape index (κ2) is 11.7. The van der Waals surface area contributed by atoms with Crippen LogP contribution in [-0.4, -0.2) is 30.2 Å². The second-order valence-corrected chi connectivity index (χ2v) is 8.01. The molecule has 29 heavy (non-hydrogen) atoms. The van der Waals surface area contributed by atoms with Gasteiger partial charge in [0.05, 0.1) is 13.2 Å². The van der Waals surface area contributed by atoms with Gasteiger partial charge in [-0.25, -0.2) is 0 Å². The Morgan fingerprint density at radius 1 is 1.00 bits per heavy atom. The predicted molar refractivity (Wildman–Crippen MR) is 117 cm³/mol. The van der Waals surface area contributed by atoms with E-state index in [0.717, 1.165) is 23.5 Å². The summed E-state index contributed by atoms with van der Waals surface area (Å²) in [4.78, 5) is 14.1. The van der Waals surface area contributed by atoms with Crippen LogP contribution in [0.4, 0.5) is 0 Å². The Morgan fingerprint density at radius 3 is 2.45 bits per heavy atom. The lowest BCUT2D eigenvalue weighted by Crippen LogP contribution is -2.40. The highest BCUT2D eigenvalue weighted by Crippen LogP contribution is 2.28. The molecule has 0 bridgehead atoms. The maximum atomic E-state index is 12.4. The monoisotopic (exact) mass is 397 g/mol. The Kier molecular flexibility index (Phi) is 8.66. The molecule has 1 aromatic rings. The van der Waals surface area contributed by atoms with Crippen molar-refractivity contribution in [2.45, 2.75) is 77.4 Å². The van der Waals surface area contributed by atoms with Gasteiger partial charge in [-0.2, -0.15) is 0 Å². The van der Waals surface area contributed by atoms with Crippen molar-refractivity contribution in [1.82, 2.24) is 4.90 Å². The average molecular weight is 398 g/mol. The zero-order valence-corrected chi connectivity index (χ0v) is 17.8. The summed E-state index contributed by atoms with van der Waals surface area (Å²) in [6.07, 6.45) is 18.3. The van der Waals surface area contributed by atoms with Crippen LogP contribution >= 0.6 is 0 Å². The van der Waals surface area contributed by atoms with Crippen molar-refractivity contribution < 1.29 is 14.3 Å². The molecule has 2 aliphatic rings. The number of rotatable bonds is 13. The van der Waals surface area contributed by atoms with E-state index in [9.17, 15) is 4.79 Å². The van der Waals surface area contributed by atoms with Gasteiger partial charge in [0.15, 0.2) is 6.23 Å². The summed E-state index contributed by atoms with van der Waals surface area (Å²) >= 11 is 0. The first-order valence-electron chi connectivity index (χ1n) is 11.4. The van der Waals surface area contributed by atoms with Crippen LogP contribution in [0.25, 0.3) is 6.08 Å². The minimum atomic E-state index is -0.368. The van der Waals surface area contributed by atoms with Crippen molar-refractivity contribution in [3.63, 3.8) is 0 Å². The first-order valence-corrected chi connectivity index (χ1v) is 11.4. The number of ether oxygens (including phenoxy) is 2. The van der Waals surface area contributed by atoms with Crippen LogP contribution in [0.1, 0.15) is 76.7 Å². The number of nitrogens with zero attached hydrogens (tertiary/aromatic N) is 1.